The topological polar surface area (TPSA) is 39.9 Å². The molecule has 2 rings (SSSR count). The maximum atomic E-state index is 6.17. The van der Waals surface area contributed by atoms with E-state index < -0.39 is 21.1 Å². The number of ether oxygens (including phenoxy) is 1. The van der Waals surface area contributed by atoms with Crippen molar-refractivity contribution in [2.75, 3.05) is 7.11 Å². The second-order valence-electron chi connectivity index (χ2n) is 11.0. The molecular formula is C26H49N3OSn. The van der Waals surface area contributed by atoms with Gasteiger partial charge in [0.15, 0.2) is 0 Å². The van der Waals surface area contributed by atoms with E-state index in [0.717, 1.165) is 19.4 Å². The van der Waals surface area contributed by atoms with Gasteiger partial charge in [-0.3, -0.25) is 0 Å². The molecule has 0 aliphatic heterocycles. The van der Waals surface area contributed by atoms with Crippen molar-refractivity contribution in [2.24, 2.45) is 5.41 Å². The van der Waals surface area contributed by atoms with E-state index in [-0.39, 0.29) is 5.60 Å². The van der Waals surface area contributed by atoms with Crippen LogP contribution in [-0.4, -0.2) is 48.8 Å². The first-order valence-corrected chi connectivity index (χ1v) is 15.8. The summed E-state index contributed by atoms with van der Waals surface area (Å²) in [6.07, 6.45) is 17.0. The average Bonchev–Trinajstić information content (AvgIpc) is 3.07. The molecule has 1 atom stereocenters. The van der Waals surface area contributed by atoms with Gasteiger partial charge in [-0.05, 0) is 0 Å². The van der Waals surface area contributed by atoms with Crippen molar-refractivity contribution >= 4 is 24.9 Å². The van der Waals surface area contributed by atoms with Crippen molar-refractivity contribution < 1.29 is 4.74 Å². The van der Waals surface area contributed by atoms with Crippen molar-refractivity contribution in [3.8, 4) is 0 Å². The molecule has 0 aromatic carbocycles. The van der Waals surface area contributed by atoms with Crippen molar-refractivity contribution in [1.29, 1.82) is 0 Å². The van der Waals surface area contributed by atoms with Gasteiger partial charge in [0, 0.05) is 0 Å². The van der Waals surface area contributed by atoms with Gasteiger partial charge < -0.3 is 0 Å². The van der Waals surface area contributed by atoms with E-state index in [0.29, 0.717) is 8.85 Å². The summed E-state index contributed by atoms with van der Waals surface area (Å²) in [5.74, 6) is 0. The molecule has 0 N–H and O–H groups in total. The third-order valence-electron chi connectivity index (χ3n) is 7.55. The average molecular weight is 538 g/mol. The van der Waals surface area contributed by atoms with Gasteiger partial charge in [-0.1, -0.05) is 0 Å². The Bertz CT molecular complexity index is 635. The Morgan fingerprint density at radius 3 is 2.06 bits per heavy atom. The molecule has 1 unspecified atom stereocenters. The van der Waals surface area contributed by atoms with Crippen molar-refractivity contribution in [2.45, 2.75) is 141 Å². The summed E-state index contributed by atoms with van der Waals surface area (Å²) in [6.45, 7) is 14.9. The van der Waals surface area contributed by atoms with Gasteiger partial charge in [0.1, 0.15) is 0 Å². The fourth-order valence-corrected chi connectivity index (χ4v) is 10.7. The summed E-state index contributed by atoms with van der Waals surface area (Å²) < 4.78 is 10.3. The molecule has 4 nitrogen and oxygen atoms in total. The Hall–Kier alpha value is -0.101. The molecule has 0 bridgehead atoms. The summed E-state index contributed by atoms with van der Waals surface area (Å²) in [5, 5.41) is 9.53. The Balaban J connectivity index is 2.23. The predicted octanol–water partition coefficient (Wildman–Crippen LogP) is 6.63. The number of unbranched alkanes of at least 4 members (excludes halogenated alkanes) is 3. The maximum absolute atomic E-state index is 6.17. The summed E-state index contributed by atoms with van der Waals surface area (Å²) >= 11 is -0.848. The number of rotatable bonds is 14. The van der Waals surface area contributed by atoms with Crippen LogP contribution in [0.3, 0.4) is 0 Å². The minimum atomic E-state index is -0.848. The molecule has 0 saturated heterocycles. The van der Waals surface area contributed by atoms with Gasteiger partial charge in [-0.2, -0.15) is 0 Å². The number of aromatic nitrogens is 3. The van der Waals surface area contributed by atoms with Crippen LogP contribution in [0, 0.1) is 12.3 Å². The Labute approximate surface area is 202 Å². The second-order valence-corrected chi connectivity index (χ2v) is 16.1. The summed E-state index contributed by atoms with van der Waals surface area (Å²) in [5.41, 5.74) is 1.59. The predicted molar refractivity (Wildman–Crippen MR) is 133 cm³/mol. The van der Waals surface area contributed by atoms with Gasteiger partial charge in [-0.25, -0.2) is 0 Å². The van der Waals surface area contributed by atoms with Gasteiger partial charge >= 0.3 is 203 Å². The van der Waals surface area contributed by atoms with E-state index in [1.54, 1.807) is 0 Å². The quantitative estimate of drug-likeness (QED) is 0.250. The molecule has 1 heterocycles. The Kier molecular flexibility index (Phi) is 10.8. The second kappa shape index (κ2) is 12.4. The third-order valence-corrected chi connectivity index (χ3v) is 13.2. The Morgan fingerprint density at radius 1 is 1.00 bits per heavy atom. The number of nitrogens with zero attached hydrogens (tertiary/aromatic N) is 3. The van der Waals surface area contributed by atoms with Crippen LogP contribution in [-0.2, 0) is 11.3 Å². The molecule has 1 fully saturated rings. The number of hydrogen-bond acceptors (Lipinski definition) is 3. The third kappa shape index (κ3) is 7.72. The van der Waals surface area contributed by atoms with Crippen LogP contribution in [0.2, 0.25) is 3.43 Å². The van der Waals surface area contributed by atoms with E-state index in [9.17, 15) is 0 Å². The molecule has 31 heavy (non-hydrogen) atoms. The normalized spacial score (nSPS) is 21.5. The van der Waals surface area contributed by atoms with E-state index in [4.69, 9.17) is 15.0 Å². The first kappa shape index (κ1) is 27.1. The zero-order valence-electron chi connectivity index (χ0n) is 21.6. The summed E-state index contributed by atoms with van der Waals surface area (Å²) in [4.78, 5) is 0. The molecular weight excluding hydrogens is 489 g/mol. The van der Waals surface area contributed by atoms with E-state index in [2.05, 4.69) is 46.2 Å². The number of methoxy groups -OCH3 is 1. The molecule has 1 aromatic rings. The van der Waals surface area contributed by atoms with E-state index in [1.807, 2.05) is 7.11 Å². The van der Waals surface area contributed by atoms with Gasteiger partial charge in [0.05, 0.1) is 0 Å². The fourth-order valence-electron chi connectivity index (χ4n) is 5.57. The molecule has 1 saturated carbocycles. The molecule has 1 aliphatic carbocycles. The van der Waals surface area contributed by atoms with Gasteiger partial charge in [0.25, 0.3) is 0 Å². The molecule has 1 aliphatic rings. The van der Waals surface area contributed by atoms with Crippen molar-refractivity contribution in [3.05, 3.63) is 5.69 Å². The van der Waals surface area contributed by atoms with Crippen LogP contribution in [0.15, 0.2) is 0 Å². The van der Waals surface area contributed by atoms with Crippen LogP contribution in [0.4, 0.5) is 0 Å². The van der Waals surface area contributed by atoms with Gasteiger partial charge in [-0.15, -0.1) is 0 Å². The zero-order valence-corrected chi connectivity index (χ0v) is 24.5. The van der Waals surface area contributed by atoms with Crippen LogP contribution in [0.25, 0.3) is 0 Å². The first-order valence-electron chi connectivity index (χ1n) is 13.0. The van der Waals surface area contributed by atoms with Crippen molar-refractivity contribution in [3.63, 3.8) is 0 Å². The standard InChI is InChI=1S/C13H22N3O.C13H27.Sn/c1-11-8-14-15-16(11)10-13(17-4)7-5-6-12(2,3)9-13;1-4-7-10-13(11-8-5-2)12-9-6-3;/h5-7,9-10H2,1-4H3;4-12H2,1-3H3;. The monoisotopic (exact) mass is 539 g/mol. The molecule has 2 radical (unpaired) electrons. The van der Waals surface area contributed by atoms with Crippen LogP contribution >= 0.6 is 0 Å². The fraction of sp³-hybridized carbons (Fsp3) is 0.923. The van der Waals surface area contributed by atoms with Crippen LogP contribution in [0.5, 0.6) is 0 Å². The minimum absolute atomic E-state index is 0.0910. The first-order chi connectivity index (χ1) is 14.7. The van der Waals surface area contributed by atoms with Gasteiger partial charge in [0.2, 0.25) is 0 Å². The summed E-state index contributed by atoms with van der Waals surface area (Å²) in [7, 11) is 1.90. The Morgan fingerprint density at radius 2 is 1.58 bits per heavy atom. The molecule has 0 amide bonds. The molecule has 1 aromatic heterocycles. The zero-order chi connectivity index (χ0) is 23.0. The molecule has 0 spiro atoms. The number of hydrogen-bond donors (Lipinski definition) is 0. The molecule has 178 valence electrons. The van der Waals surface area contributed by atoms with Crippen LogP contribution in [0.1, 0.15) is 124 Å². The molecule has 5 heteroatoms. The SMILES string of the molecule is CCCC[C](CCCC)(CCCC)[Sn][c]1nnn(CC2(OC)CCCC(C)(C)C2)c1C. The van der Waals surface area contributed by atoms with E-state index in [1.165, 1.54) is 80.0 Å². The van der Waals surface area contributed by atoms with Crippen LogP contribution < -0.4 is 3.71 Å². The summed E-state index contributed by atoms with van der Waals surface area (Å²) in [6, 6.07) is 0. The van der Waals surface area contributed by atoms with E-state index >= 15 is 0 Å². The van der Waals surface area contributed by atoms with Crippen molar-refractivity contribution in [1.82, 2.24) is 15.0 Å².